The highest BCUT2D eigenvalue weighted by Gasteiger charge is 2.42. The van der Waals surface area contributed by atoms with E-state index in [2.05, 4.69) is 15.4 Å². The Morgan fingerprint density at radius 2 is 2.24 bits per heavy atom. The molecule has 1 amide bonds. The van der Waals surface area contributed by atoms with E-state index in [1.807, 2.05) is 26.8 Å². The smallest absolute Gasteiger partial charge is 0.257 e. The van der Waals surface area contributed by atoms with Gasteiger partial charge in [-0.25, -0.2) is 9.50 Å². The SMILES string of the molecule is Cc1cc(C)n2ncc(C(=O)NC(C)(CN)C3CC3)c2n1. The van der Waals surface area contributed by atoms with Gasteiger partial charge in [0.15, 0.2) is 5.65 Å². The largest absolute Gasteiger partial charge is 0.345 e. The third-order valence-electron chi connectivity index (χ3n) is 4.32. The summed E-state index contributed by atoms with van der Waals surface area (Å²) in [6.07, 6.45) is 3.83. The van der Waals surface area contributed by atoms with Gasteiger partial charge in [0, 0.05) is 17.9 Å². The monoisotopic (exact) mass is 287 g/mol. The first-order valence-corrected chi connectivity index (χ1v) is 7.29. The zero-order valence-electron chi connectivity index (χ0n) is 12.7. The van der Waals surface area contributed by atoms with Gasteiger partial charge in [-0.3, -0.25) is 4.79 Å². The molecule has 2 aromatic rings. The molecule has 3 N–H and O–H groups in total. The maximum Gasteiger partial charge on any atom is 0.257 e. The molecular weight excluding hydrogens is 266 g/mol. The van der Waals surface area contributed by atoms with E-state index in [1.54, 1.807) is 10.7 Å². The fourth-order valence-corrected chi connectivity index (χ4v) is 2.80. The normalized spacial score (nSPS) is 17.7. The van der Waals surface area contributed by atoms with E-state index in [4.69, 9.17) is 5.73 Å². The van der Waals surface area contributed by atoms with Crippen molar-refractivity contribution in [2.75, 3.05) is 6.54 Å². The van der Waals surface area contributed by atoms with E-state index in [9.17, 15) is 4.79 Å². The van der Waals surface area contributed by atoms with Gasteiger partial charge in [0.1, 0.15) is 5.56 Å². The molecule has 0 saturated heterocycles. The molecule has 6 heteroatoms. The summed E-state index contributed by atoms with van der Waals surface area (Å²) in [5, 5.41) is 7.34. The van der Waals surface area contributed by atoms with Crippen LogP contribution < -0.4 is 11.1 Å². The molecule has 0 bridgehead atoms. The lowest BCUT2D eigenvalue weighted by molar-refractivity contribution is 0.0899. The maximum atomic E-state index is 12.6. The molecule has 1 fully saturated rings. The number of nitrogens with one attached hydrogen (secondary N) is 1. The van der Waals surface area contributed by atoms with Gasteiger partial charge in [-0.15, -0.1) is 0 Å². The molecule has 0 radical (unpaired) electrons. The molecule has 1 unspecified atom stereocenters. The van der Waals surface area contributed by atoms with Gasteiger partial charge in [0.05, 0.1) is 11.7 Å². The van der Waals surface area contributed by atoms with Crippen LogP contribution in [0.5, 0.6) is 0 Å². The second-order valence-corrected chi connectivity index (χ2v) is 6.18. The number of aryl methyl sites for hydroxylation is 2. The zero-order valence-corrected chi connectivity index (χ0v) is 12.7. The molecular formula is C15H21N5O. The Morgan fingerprint density at radius 1 is 1.52 bits per heavy atom. The van der Waals surface area contributed by atoms with Crippen LogP contribution in [0.25, 0.3) is 5.65 Å². The number of amides is 1. The Kier molecular flexibility index (Phi) is 3.20. The molecule has 21 heavy (non-hydrogen) atoms. The van der Waals surface area contributed by atoms with Gasteiger partial charge in [0.25, 0.3) is 5.91 Å². The fourth-order valence-electron chi connectivity index (χ4n) is 2.80. The lowest BCUT2D eigenvalue weighted by Crippen LogP contribution is -2.53. The molecule has 2 aromatic heterocycles. The van der Waals surface area contributed by atoms with Crippen molar-refractivity contribution < 1.29 is 4.79 Å². The van der Waals surface area contributed by atoms with E-state index in [-0.39, 0.29) is 11.4 Å². The Morgan fingerprint density at radius 3 is 2.86 bits per heavy atom. The van der Waals surface area contributed by atoms with Crippen LogP contribution in [-0.2, 0) is 0 Å². The highest BCUT2D eigenvalue weighted by atomic mass is 16.1. The van der Waals surface area contributed by atoms with Crippen molar-refractivity contribution in [3.05, 3.63) is 29.2 Å². The Bertz CT molecular complexity index is 703. The van der Waals surface area contributed by atoms with Crippen molar-refractivity contribution in [3.8, 4) is 0 Å². The Labute approximate surface area is 123 Å². The first kappa shape index (κ1) is 14.0. The lowest BCUT2D eigenvalue weighted by atomic mass is 9.95. The van der Waals surface area contributed by atoms with E-state index in [0.29, 0.717) is 23.7 Å². The first-order valence-electron chi connectivity index (χ1n) is 7.29. The first-order chi connectivity index (χ1) is 9.94. The third kappa shape index (κ3) is 2.40. The van der Waals surface area contributed by atoms with Crippen LogP contribution in [0.3, 0.4) is 0 Å². The maximum absolute atomic E-state index is 12.6. The molecule has 1 saturated carbocycles. The van der Waals surface area contributed by atoms with Crippen molar-refractivity contribution >= 4 is 11.6 Å². The third-order valence-corrected chi connectivity index (χ3v) is 4.32. The molecule has 3 rings (SSSR count). The van der Waals surface area contributed by atoms with Gasteiger partial charge in [-0.1, -0.05) is 0 Å². The minimum absolute atomic E-state index is 0.151. The van der Waals surface area contributed by atoms with Crippen LogP contribution in [0, 0.1) is 19.8 Å². The van der Waals surface area contributed by atoms with Crippen LogP contribution in [0.1, 0.15) is 41.5 Å². The highest BCUT2D eigenvalue weighted by Crippen LogP contribution is 2.39. The van der Waals surface area contributed by atoms with Crippen LogP contribution in [0.2, 0.25) is 0 Å². The summed E-state index contributed by atoms with van der Waals surface area (Å²) in [4.78, 5) is 17.0. The van der Waals surface area contributed by atoms with E-state index >= 15 is 0 Å². The predicted molar refractivity (Wildman–Crippen MR) is 80.1 cm³/mol. The van der Waals surface area contributed by atoms with Crippen molar-refractivity contribution in [1.82, 2.24) is 19.9 Å². The summed E-state index contributed by atoms with van der Waals surface area (Å²) in [5.41, 5.74) is 8.45. The van der Waals surface area contributed by atoms with Gasteiger partial charge < -0.3 is 11.1 Å². The fraction of sp³-hybridized carbons (Fsp3) is 0.533. The van der Waals surface area contributed by atoms with Gasteiger partial charge in [0.2, 0.25) is 0 Å². The van der Waals surface area contributed by atoms with Crippen molar-refractivity contribution in [2.24, 2.45) is 11.7 Å². The number of rotatable bonds is 4. The van der Waals surface area contributed by atoms with Crippen LogP contribution >= 0.6 is 0 Å². The van der Waals surface area contributed by atoms with Crippen molar-refractivity contribution in [1.29, 1.82) is 0 Å². The molecule has 6 nitrogen and oxygen atoms in total. The number of carbonyl (C=O) groups excluding carboxylic acids is 1. The average Bonchev–Trinajstić information content (AvgIpc) is 3.19. The zero-order chi connectivity index (χ0) is 15.2. The predicted octanol–water partition coefficient (Wildman–Crippen LogP) is 1.20. The van der Waals surface area contributed by atoms with Crippen molar-refractivity contribution in [2.45, 2.75) is 39.2 Å². The molecule has 112 valence electrons. The molecule has 2 heterocycles. The second kappa shape index (κ2) is 4.80. The highest BCUT2D eigenvalue weighted by molar-refractivity contribution is 6.00. The number of nitrogens with zero attached hydrogens (tertiary/aromatic N) is 3. The number of nitrogens with two attached hydrogens (primary N) is 1. The molecule has 0 aliphatic heterocycles. The topological polar surface area (TPSA) is 85.3 Å². The number of hydrogen-bond donors (Lipinski definition) is 2. The molecule has 0 spiro atoms. The number of carbonyl (C=O) groups is 1. The summed E-state index contributed by atoms with van der Waals surface area (Å²) in [6, 6.07) is 1.94. The quantitative estimate of drug-likeness (QED) is 0.885. The minimum Gasteiger partial charge on any atom is -0.345 e. The number of hydrogen-bond acceptors (Lipinski definition) is 4. The Balaban J connectivity index is 1.95. The summed E-state index contributed by atoms with van der Waals surface area (Å²) in [7, 11) is 0. The summed E-state index contributed by atoms with van der Waals surface area (Å²) >= 11 is 0. The van der Waals surface area contributed by atoms with Crippen LogP contribution in [-0.4, -0.2) is 32.6 Å². The van der Waals surface area contributed by atoms with Crippen LogP contribution in [0.15, 0.2) is 12.3 Å². The second-order valence-electron chi connectivity index (χ2n) is 6.18. The lowest BCUT2D eigenvalue weighted by Gasteiger charge is -2.29. The summed E-state index contributed by atoms with van der Waals surface area (Å²) in [6.45, 7) is 6.31. The number of fused-ring (bicyclic) bond motifs is 1. The number of aromatic nitrogens is 3. The molecule has 1 aliphatic carbocycles. The molecule has 1 atom stereocenters. The van der Waals surface area contributed by atoms with Gasteiger partial charge in [-0.05, 0) is 45.6 Å². The minimum atomic E-state index is -0.343. The summed E-state index contributed by atoms with van der Waals surface area (Å²) in [5.74, 6) is 0.326. The van der Waals surface area contributed by atoms with Gasteiger partial charge >= 0.3 is 0 Å². The molecule has 0 aromatic carbocycles. The summed E-state index contributed by atoms with van der Waals surface area (Å²) < 4.78 is 1.69. The van der Waals surface area contributed by atoms with Crippen LogP contribution in [0.4, 0.5) is 0 Å². The molecule has 1 aliphatic rings. The van der Waals surface area contributed by atoms with E-state index < -0.39 is 0 Å². The standard InChI is InChI=1S/C15H21N5O/c1-9-6-10(2)20-13(18-9)12(7-17-20)14(21)19-15(3,8-16)11-4-5-11/h6-7,11H,4-5,8,16H2,1-3H3,(H,19,21). The average molecular weight is 287 g/mol. The van der Waals surface area contributed by atoms with E-state index in [0.717, 1.165) is 24.2 Å². The van der Waals surface area contributed by atoms with E-state index in [1.165, 1.54) is 0 Å². The van der Waals surface area contributed by atoms with Crippen molar-refractivity contribution in [3.63, 3.8) is 0 Å². The van der Waals surface area contributed by atoms with Gasteiger partial charge in [-0.2, -0.15) is 5.10 Å². The Hall–Kier alpha value is -1.95.